The Kier molecular flexibility index (Phi) is 9.80. The topological polar surface area (TPSA) is 151 Å². The van der Waals surface area contributed by atoms with Crippen LogP contribution >= 0.6 is 0 Å². The molecule has 0 spiro atoms. The molecule has 42 heavy (non-hydrogen) atoms. The van der Waals surface area contributed by atoms with Gasteiger partial charge in [0.25, 0.3) is 5.69 Å². The Hall–Kier alpha value is -3.42. The molecule has 13 heteroatoms. The van der Waals surface area contributed by atoms with Crippen LogP contribution in [0.5, 0.6) is 0 Å². The maximum atomic E-state index is 12.5. The number of nitro benzene ring substituents is 1. The number of nitrogens with zero attached hydrogens (tertiary/aromatic N) is 4. The zero-order chi connectivity index (χ0) is 31.6. The maximum Gasteiger partial charge on any atom is 0.308 e. The first-order valence-electron chi connectivity index (χ1n) is 13.6. The van der Waals surface area contributed by atoms with E-state index in [2.05, 4.69) is 9.97 Å². The lowest BCUT2D eigenvalue weighted by Crippen LogP contribution is -2.45. The van der Waals surface area contributed by atoms with Crippen molar-refractivity contribution in [2.75, 3.05) is 17.6 Å². The number of hydrogen-bond acceptors (Lipinski definition) is 10. The molecule has 2 atom stereocenters. The minimum Gasteiger partial charge on any atom is -0.460 e. The Morgan fingerprint density at radius 1 is 1.21 bits per heavy atom. The van der Waals surface area contributed by atoms with Gasteiger partial charge in [-0.15, -0.1) is 0 Å². The maximum absolute atomic E-state index is 12.5. The minimum absolute atomic E-state index is 0.0208. The van der Waals surface area contributed by atoms with Crippen molar-refractivity contribution in [2.45, 2.75) is 90.8 Å². The highest BCUT2D eigenvalue weighted by Crippen LogP contribution is 2.34. The highest BCUT2D eigenvalue weighted by Gasteiger charge is 2.36. The van der Waals surface area contributed by atoms with Crippen LogP contribution in [0.2, 0.25) is 0 Å². The Balaban J connectivity index is 2.07. The molecule has 1 saturated heterocycles. The zero-order valence-electron chi connectivity index (χ0n) is 25.6. The number of rotatable bonds is 9. The monoisotopic (exact) mass is 604 g/mol. The van der Waals surface area contributed by atoms with Crippen molar-refractivity contribution in [1.82, 2.24) is 9.97 Å². The summed E-state index contributed by atoms with van der Waals surface area (Å²) in [7, 11) is -2.30. The lowest BCUT2D eigenvalue weighted by atomic mass is 9.96. The van der Waals surface area contributed by atoms with Crippen LogP contribution < -0.4 is 4.31 Å². The summed E-state index contributed by atoms with van der Waals surface area (Å²) in [6, 6.07) is 5.87. The molecule has 0 saturated carbocycles. The molecule has 1 fully saturated rings. The van der Waals surface area contributed by atoms with E-state index in [9.17, 15) is 23.3 Å². The predicted molar refractivity (Wildman–Crippen MR) is 159 cm³/mol. The number of aromatic nitrogens is 2. The van der Waals surface area contributed by atoms with E-state index in [1.54, 1.807) is 46.8 Å². The number of nitro groups is 1. The van der Waals surface area contributed by atoms with Crippen molar-refractivity contribution in [3.8, 4) is 11.3 Å². The number of benzene rings is 1. The van der Waals surface area contributed by atoms with Crippen molar-refractivity contribution in [1.29, 1.82) is 0 Å². The summed E-state index contributed by atoms with van der Waals surface area (Å²) < 4.78 is 43.3. The Labute approximate surface area is 247 Å². The summed E-state index contributed by atoms with van der Waals surface area (Å²) in [5.41, 5.74) is 1.44. The largest absolute Gasteiger partial charge is 0.460 e. The predicted octanol–water partition coefficient (Wildman–Crippen LogP) is 5.23. The molecule has 0 amide bonds. The van der Waals surface area contributed by atoms with Crippen molar-refractivity contribution in [3.63, 3.8) is 0 Å². The molecule has 1 aromatic heterocycles. The Morgan fingerprint density at radius 2 is 1.83 bits per heavy atom. The summed E-state index contributed by atoms with van der Waals surface area (Å²) in [6.45, 7) is 12.8. The molecular weight excluding hydrogens is 564 g/mol. The fourth-order valence-corrected chi connectivity index (χ4v) is 4.87. The van der Waals surface area contributed by atoms with Gasteiger partial charge >= 0.3 is 5.97 Å². The zero-order valence-corrected chi connectivity index (χ0v) is 26.4. The van der Waals surface area contributed by atoms with E-state index in [-0.39, 0.29) is 29.9 Å². The quantitative estimate of drug-likeness (QED) is 0.211. The summed E-state index contributed by atoms with van der Waals surface area (Å²) in [4.78, 5) is 32.5. The van der Waals surface area contributed by atoms with Gasteiger partial charge in [0.2, 0.25) is 16.0 Å². The van der Waals surface area contributed by atoms with Gasteiger partial charge in [0.05, 0.1) is 41.2 Å². The number of carbonyl (C=O) groups excluding carboxylic acids is 1. The lowest BCUT2D eigenvalue weighted by Gasteiger charge is -2.39. The second-order valence-corrected chi connectivity index (χ2v) is 14.1. The molecule has 1 aliphatic rings. The lowest BCUT2D eigenvalue weighted by molar-refractivity contribution is -0.384. The van der Waals surface area contributed by atoms with E-state index in [1.807, 2.05) is 26.0 Å². The van der Waals surface area contributed by atoms with Crippen LogP contribution in [0, 0.1) is 10.1 Å². The van der Waals surface area contributed by atoms with Gasteiger partial charge in [-0.05, 0) is 52.7 Å². The Bertz CT molecular complexity index is 1450. The van der Waals surface area contributed by atoms with Crippen molar-refractivity contribution in [2.24, 2.45) is 0 Å². The molecule has 1 aliphatic heterocycles. The highest BCUT2D eigenvalue weighted by molar-refractivity contribution is 7.92. The molecule has 0 radical (unpaired) electrons. The first-order valence-corrected chi connectivity index (χ1v) is 15.5. The highest BCUT2D eigenvalue weighted by atomic mass is 32.2. The molecule has 3 rings (SSSR count). The summed E-state index contributed by atoms with van der Waals surface area (Å²) in [5.74, 6) is -1.49. The second kappa shape index (κ2) is 12.4. The van der Waals surface area contributed by atoms with Gasteiger partial charge in [-0.2, -0.15) is 0 Å². The standard InChI is InChI=1S/C29H40N4O8S/c1-18(2)25-23(15-14-21-16-22(40-29(6,7)39-21)17-24(34)41-28(3,4)5)26(19-10-12-20(13-11-19)33(35)36)31-27(30-25)32(8)42(9,37)38/h10-15,18,21-22H,16-17H2,1-9H3/b15-14+/t21-,22-/m1/s1. The average molecular weight is 605 g/mol. The normalized spacial score (nSPS) is 19.2. The van der Waals surface area contributed by atoms with Gasteiger partial charge in [-0.3, -0.25) is 14.9 Å². The van der Waals surface area contributed by atoms with Crippen molar-refractivity contribution < 1.29 is 32.3 Å². The summed E-state index contributed by atoms with van der Waals surface area (Å²) in [6.07, 6.45) is 4.28. The molecule has 0 aliphatic carbocycles. The van der Waals surface area contributed by atoms with E-state index >= 15 is 0 Å². The van der Waals surface area contributed by atoms with E-state index in [0.717, 1.165) is 10.6 Å². The summed E-state index contributed by atoms with van der Waals surface area (Å²) in [5, 5.41) is 11.2. The van der Waals surface area contributed by atoms with Crippen molar-refractivity contribution in [3.05, 3.63) is 51.7 Å². The summed E-state index contributed by atoms with van der Waals surface area (Å²) >= 11 is 0. The molecule has 0 unspecified atom stereocenters. The number of anilines is 1. The number of ether oxygens (including phenoxy) is 3. The molecule has 0 bridgehead atoms. The van der Waals surface area contributed by atoms with Crippen LogP contribution in [0.15, 0.2) is 30.3 Å². The first-order chi connectivity index (χ1) is 19.3. The molecular formula is C29H40N4O8S. The van der Waals surface area contributed by atoms with Gasteiger partial charge in [-0.25, -0.2) is 22.7 Å². The Morgan fingerprint density at radius 3 is 2.36 bits per heavy atom. The number of esters is 1. The van der Waals surface area contributed by atoms with E-state index in [4.69, 9.17) is 14.2 Å². The van der Waals surface area contributed by atoms with Gasteiger partial charge in [0, 0.05) is 36.7 Å². The minimum atomic E-state index is -3.67. The fraction of sp³-hybridized carbons (Fsp3) is 0.552. The van der Waals surface area contributed by atoms with Crippen LogP contribution in [0.3, 0.4) is 0 Å². The molecule has 2 aromatic rings. The van der Waals surface area contributed by atoms with Crippen LogP contribution in [0.25, 0.3) is 17.3 Å². The smallest absolute Gasteiger partial charge is 0.308 e. The third-order valence-corrected chi connectivity index (χ3v) is 7.47. The van der Waals surface area contributed by atoms with Crippen LogP contribution in [-0.2, 0) is 29.0 Å². The molecule has 0 N–H and O–H groups in total. The van der Waals surface area contributed by atoms with Gasteiger partial charge in [0.1, 0.15) is 5.60 Å². The van der Waals surface area contributed by atoms with Gasteiger partial charge < -0.3 is 14.2 Å². The number of non-ortho nitro benzene ring substituents is 1. The van der Waals surface area contributed by atoms with Crippen molar-refractivity contribution >= 4 is 33.7 Å². The third kappa shape index (κ3) is 8.79. The first kappa shape index (κ1) is 33.1. The average Bonchev–Trinajstić information content (AvgIpc) is 2.83. The van der Waals surface area contributed by atoms with E-state index in [0.29, 0.717) is 28.9 Å². The van der Waals surface area contributed by atoms with Crippen LogP contribution in [0.4, 0.5) is 11.6 Å². The molecule has 230 valence electrons. The molecule has 12 nitrogen and oxygen atoms in total. The third-order valence-electron chi connectivity index (χ3n) is 6.31. The fourth-order valence-electron chi connectivity index (χ4n) is 4.49. The van der Waals surface area contributed by atoms with Crippen LogP contribution in [0.1, 0.15) is 78.5 Å². The second-order valence-electron chi connectivity index (χ2n) is 12.0. The number of hydrogen-bond donors (Lipinski definition) is 0. The van der Waals surface area contributed by atoms with E-state index < -0.39 is 38.5 Å². The molecule has 1 aromatic carbocycles. The van der Waals surface area contributed by atoms with Gasteiger partial charge in [-0.1, -0.05) is 26.0 Å². The molecule has 2 heterocycles. The van der Waals surface area contributed by atoms with Crippen LogP contribution in [-0.4, -0.2) is 66.2 Å². The SMILES string of the molecule is CC(C)c1nc(N(C)S(C)(=O)=O)nc(-c2ccc([N+](=O)[O-])cc2)c1/C=C/[C@@H]1C[C@H](CC(=O)OC(C)(C)C)OC(C)(C)O1. The van der Waals surface area contributed by atoms with E-state index in [1.165, 1.54) is 19.2 Å². The number of sulfonamides is 1. The number of carbonyl (C=O) groups is 1. The van der Waals surface area contributed by atoms with Gasteiger partial charge in [0.15, 0.2) is 5.79 Å².